The number of ketones is 2. The lowest BCUT2D eigenvalue weighted by molar-refractivity contribution is -0.128. The molecule has 274 valence electrons. The van der Waals surface area contributed by atoms with E-state index in [0.29, 0.717) is 48.3 Å². The molecule has 12 heteroatoms. The summed E-state index contributed by atoms with van der Waals surface area (Å²) in [5.41, 5.74) is 2.07. The van der Waals surface area contributed by atoms with Crippen LogP contribution in [0.25, 0.3) is 11.1 Å². The predicted molar refractivity (Wildman–Crippen MR) is 196 cm³/mol. The van der Waals surface area contributed by atoms with E-state index in [1.54, 1.807) is 12.1 Å². The van der Waals surface area contributed by atoms with Crippen molar-refractivity contribution in [3.63, 3.8) is 0 Å². The summed E-state index contributed by atoms with van der Waals surface area (Å²) >= 11 is 0. The average Bonchev–Trinajstić information content (AvgIpc) is 3.54. The number of nitrogens with one attached hydrogen (secondary N) is 2. The van der Waals surface area contributed by atoms with Crippen molar-refractivity contribution < 1.29 is 35.9 Å². The summed E-state index contributed by atoms with van der Waals surface area (Å²) in [7, 11) is -5.07. The smallest absolute Gasteiger partial charge is 0.233 e. The fraction of sp³-hybridized carbons (Fsp3) is 0.632. The Labute approximate surface area is 297 Å². The summed E-state index contributed by atoms with van der Waals surface area (Å²) in [4.78, 5) is 26.4. The molecule has 4 aliphatic rings. The normalized spacial score (nSPS) is 28.0. The van der Waals surface area contributed by atoms with Gasteiger partial charge in [0, 0.05) is 12.8 Å². The molecule has 0 aliphatic heterocycles. The van der Waals surface area contributed by atoms with Crippen molar-refractivity contribution in [1.82, 2.24) is 0 Å². The van der Waals surface area contributed by atoms with Crippen LogP contribution in [-0.4, -0.2) is 54.1 Å². The van der Waals surface area contributed by atoms with Gasteiger partial charge in [-0.2, -0.15) is 0 Å². The number of aryl methyl sites for hydroxylation is 2. The van der Waals surface area contributed by atoms with Crippen molar-refractivity contribution in [2.45, 2.75) is 93.9 Å². The highest BCUT2D eigenvalue weighted by Crippen LogP contribution is 2.65. The number of hydrogen-bond acceptors (Lipinski definition) is 8. The third kappa shape index (κ3) is 5.20. The molecule has 4 aliphatic carbocycles. The highest BCUT2D eigenvalue weighted by atomic mass is 32.2. The molecule has 2 aromatic carbocycles. The first-order chi connectivity index (χ1) is 23.1. The Morgan fingerprint density at radius 2 is 1.00 bits per heavy atom. The van der Waals surface area contributed by atoms with Crippen LogP contribution in [0.4, 0.5) is 11.4 Å². The molecule has 0 saturated heterocycles. The Bertz CT molecular complexity index is 1890. The predicted octanol–water partition coefficient (Wildman–Crippen LogP) is 6.88. The molecule has 4 atom stereocenters. The third-order valence-electron chi connectivity index (χ3n) is 13.8. The number of sulfonamides is 2. The van der Waals surface area contributed by atoms with Crippen LogP contribution in [0.3, 0.4) is 0 Å². The number of rotatable bonds is 11. The maximum absolute atomic E-state index is 14.0. The molecular formula is C38H52N2O8S2. The van der Waals surface area contributed by atoms with Gasteiger partial charge in [-0.05, 0) is 122 Å². The minimum atomic E-state index is -4.02. The van der Waals surface area contributed by atoms with Gasteiger partial charge >= 0.3 is 0 Å². The minimum absolute atomic E-state index is 0.0186. The number of ether oxygens (including phenoxy) is 2. The van der Waals surface area contributed by atoms with Crippen LogP contribution in [0.5, 0.6) is 11.5 Å². The van der Waals surface area contributed by atoms with Crippen LogP contribution in [0.2, 0.25) is 0 Å². The number of fused-ring (bicyclic) bond motifs is 4. The van der Waals surface area contributed by atoms with E-state index in [4.69, 9.17) is 9.47 Å². The van der Waals surface area contributed by atoms with Crippen LogP contribution in [0.15, 0.2) is 12.1 Å². The first-order valence-corrected chi connectivity index (χ1v) is 20.8. The monoisotopic (exact) mass is 728 g/mol. The van der Waals surface area contributed by atoms with Gasteiger partial charge in [0.1, 0.15) is 23.1 Å². The molecule has 0 spiro atoms. The molecule has 2 aromatic rings. The lowest BCUT2D eigenvalue weighted by atomic mass is 9.70. The van der Waals surface area contributed by atoms with Crippen molar-refractivity contribution in [3.8, 4) is 22.6 Å². The number of carbonyl (C=O) groups is 2. The molecule has 4 saturated carbocycles. The molecule has 0 heterocycles. The zero-order valence-electron chi connectivity index (χ0n) is 31.0. The third-order valence-corrected chi connectivity index (χ3v) is 16.6. The maximum Gasteiger partial charge on any atom is 0.233 e. The van der Waals surface area contributed by atoms with E-state index in [1.807, 2.05) is 55.4 Å². The summed E-state index contributed by atoms with van der Waals surface area (Å²) in [5, 5.41) is 0. The van der Waals surface area contributed by atoms with Crippen molar-refractivity contribution in [2.75, 3.05) is 35.2 Å². The van der Waals surface area contributed by atoms with E-state index in [9.17, 15) is 26.4 Å². The number of Topliss-reactive ketones (excluding diaryl/α,β-unsaturated/α-hetero) is 2. The number of anilines is 2. The molecule has 0 aromatic heterocycles. The van der Waals surface area contributed by atoms with Crippen molar-refractivity contribution >= 4 is 43.0 Å². The number of carbonyl (C=O) groups excluding carboxylic acids is 2. The van der Waals surface area contributed by atoms with Gasteiger partial charge < -0.3 is 9.47 Å². The summed E-state index contributed by atoms with van der Waals surface area (Å²) in [5.74, 6) is 0.475. The Morgan fingerprint density at radius 3 is 1.26 bits per heavy atom. The molecule has 0 amide bonds. The number of methoxy groups -OCH3 is 2. The molecule has 6 rings (SSSR count). The molecule has 0 radical (unpaired) electrons. The molecular weight excluding hydrogens is 677 g/mol. The van der Waals surface area contributed by atoms with E-state index >= 15 is 0 Å². The van der Waals surface area contributed by atoms with Gasteiger partial charge in [0.25, 0.3) is 0 Å². The molecule has 10 nitrogen and oxygen atoms in total. The standard InChI is InChI=1S/C38H52N2O8S2/c1-21-15-27(47-9)33(39-49(43,44)19-37-13-11-25(17-29(37)41)35(37,5)6)23(3)31(21)32-22(2)16-28(48-10)34(24(32)4)40-50(45,46)20-38-14-12-26(18-30(38)42)36(38,7)8/h15-16,25-26,39-40H,11-14,17-20H2,1-10H3. The van der Waals surface area contributed by atoms with Gasteiger partial charge in [-0.3, -0.25) is 19.0 Å². The molecule has 2 N–H and O–H groups in total. The minimum Gasteiger partial charge on any atom is -0.495 e. The molecule has 4 bridgehead atoms. The second-order valence-electron chi connectivity index (χ2n) is 16.6. The fourth-order valence-electron chi connectivity index (χ4n) is 10.5. The Hall–Kier alpha value is -3.12. The van der Waals surface area contributed by atoms with Crippen molar-refractivity contribution in [2.24, 2.45) is 33.5 Å². The summed E-state index contributed by atoms with van der Waals surface area (Å²) in [6.07, 6.45) is 3.60. The second kappa shape index (κ2) is 11.7. The quantitative estimate of drug-likeness (QED) is 0.255. The van der Waals surface area contributed by atoms with Gasteiger partial charge in [-0.1, -0.05) is 27.7 Å². The highest BCUT2D eigenvalue weighted by Gasteiger charge is 2.66. The fourth-order valence-corrected chi connectivity index (χ4v) is 14.4. The van der Waals surface area contributed by atoms with Gasteiger partial charge in [-0.25, -0.2) is 16.8 Å². The summed E-state index contributed by atoms with van der Waals surface area (Å²) in [6.45, 7) is 15.5. The lowest BCUT2D eigenvalue weighted by Gasteiger charge is -2.36. The Kier molecular flexibility index (Phi) is 8.58. The van der Waals surface area contributed by atoms with Crippen LogP contribution < -0.4 is 18.9 Å². The van der Waals surface area contributed by atoms with E-state index in [0.717, 1.165) is 35.1 Å². The highest BCUT2D eigenvalue weighted by molar-refractivity contribution is 7.93. The van der Waals surface area contributed by atoms with Gasteiger partial charge in [-0.15, -0.1) is 0 Å². The maximum atomic E-state index is 14.0. The average molecular weight is 729 g/mol. The van der Waals surface area contributed by atoms with Crippen LogP contribution in [0.1, 0.15) is 88.5 Å². The Balaban J connectivity index is 1.40. The lowest BCUT2D eigenvalue weighted by Crippen LogP contribution is -2.43. The Morgan fingerprint density at radius 1 is 0.660 bits per heavy atom. The van der Waals surface area contributed by atoms with Gasteiger partial charge in [0.05, 0.1) is 47.9 Å². The first kappa shape index (κ1) is 36.7. The van der Waals surface area contributed by atoms with E-state index in [-0.39, 0.29) is 46.3 Å². The number of hydrogen-bond donors (Lipinski definition) is 2. The second-order valence-corrected chi connectivity index (χ2v) is 20.0. The molecule has 4 unspecified atom stereocenters. The summed E-state index contributed by atoms with van der Waals surface area (Å²) < 4.78 is 73.0. The van der Waals surface area contributed by atoms with E-state index < -0.39 is 41.7 Å². The van der Waals surface area contributed by atoms with Crippen molar-refractivity contribution in [1.29, 1.82) is 0 Å². The van der Waals surface area contributed by atoms with Crippen molar-refractivity contribution in [3.05, 3.63) is 34.4 Å². The van der Waals surface area contributed by atoms with Crippen LogP contribution >= 0.6 is 0 Å². The number of benzene rings is 2. The van der Waals surface area contributed by atoms with Gasteiger partial charge in [0.2, 0.25) is 20.0 Å². The first-order valence-electron chi connectivity index (χ1n) is 17.5. The van der Waals surface area contributed by atoms with Crippen LogP contribution in [-0.2, 0) is 29.6 Å². The molecule has 50 heavy (non-hydrogen) atoms. The zero-order chi connectivity index (χ0) is 37.0. The van der Waals surface area contributed by atoms with E-state index in [1.165, 1.54) is 14.2 Å². The SMILES string of the molecule is COc1cc(C)c(-c2c(C)cc(OC)c(NS(=O)(=O)CC34CCC(CC3=O)C4(C)C)c2C)c(C)c1NS(=O)(=O)CC12CCC(CC1=O)C2(C)C. The van der Waals surface area contributed by atoms with Gasteiger partial charge in [0.15, 0.2) is 0 Å². The topological polar surface area (TPSA) is 145 Å². The van der Waals surface area contributed by atoms with E-state index in [2.05, 4.69) is 9.44 Å². The summed E-state index contributed by atoms with van der Waals surface area (Å²) in [6, 6.07) is 3.54. The molecule has 4 fully saturated rings. The van der Waals surface area contributed by atoms with Crippen LogP contribution in [0, 0.1) is 61.2 Å². The zero-order valence-corrected chi connectivity index (χ0v) is 32.7. The largest absolute Gasteiger partial charge is 0.495 e.